The second-order valence-corrected chi connectivity index (χ2v) is 4.96. The van der Waals surface area contributed by atoms with E-state index in [0.717, 1.165) is 12.1 Å². The van der Waals surface area contributed by atoms with Crippen molar-refractivity contribution in [3.8, 4) is 0 Å². The number of hydrogen-bond acceptors (Lipinski definition) is 4. The number of rotatable bonds is 3. The highest BCUT2D eigenvalue weighted by Gasteiger charge is 2.30. The van der Waals surface area contributed by atoms with Crippen molar-refractivity contribution in [1.82, 2.24) is 9.97 Å². The summed E-state index contributed by atoms with van der Waals surface area (Å²) in [7, 11) is 0. The van der Waals surface area contributed by atoms with E-state index in [4.69, 9.17) is 5.11 Å². The molecule has 0 aliphatic carbocycles. The van der Waals surface area contributed by atoms with Crippen molar-refractivity contribution in [3.63, 3.8) is 0 Å². The minimum Gasteiger partial charge on any atom is -0.478 e. The maximum atomic E-state index is 12.8. The van der Waals surface area contributed by atoms with Crippen LogP contribution in [0.5, 0.6) is 0 Å². The van der Waals surface area contributed by atoms with Crippen LogP contribution in [0.1, 0.15) is 15.9 Å². The predicted molar refractivity (Wildman–Crippen MR) is 88.5 cm³/mol. The number of halogens is 4. The number of aromatic carboxylic acids is 1. The van der Waals surface area contributed by atoms with Crippen LogP contribution in [0.4, 0.5) is 24.7 Å². The van der Waals surface area contributed by atoms with Crippen LogP contribution in [0, 0.1) is 0 Å². The van der Waals surface area contributed by atoms with Gasteiger partial charge in [0.1, 0.15) is 12.1 Å². The first-order chi connectivity index (χ1) is 11.3. The number of nitrogens with one attached hydrogen (secondary N) is 1. The molecule has 130 valence electrons. The van der Waals surface area contributed by atoms with Gasteiger partial charge in [-0.3, -0.25) is 0 Å². The highest BCUT2D eigenvalue weighted by Crippen LogP contribution is 2.32. The number of nitrogens with zero attached hydrogens (tertiary/aromatic N) is 2. The summed E-state index contributed by atoms with van der Waals surface area (Å²) in [6, 6.07) is 8.98. The molecule has 5 nitrogen and oxygen atoms in total. The van der Waals surface area contributed by atoms with Crippen LogP contribution in [0.25, 0.3) is 10.9 Å². The van der Waals surface area contributed by atoms with Crippen molar-refractivity contribution >= 4 is 40.8 Å². The Morgan fingerprint density at radius 1 is 1.08 bits per heavy atom. The van der Waals surface area contributed by atoms with E-state index in [0.29, 0.717) is 10.9 Å². The van der Waals surface area contributed by atoms with Crippen LogP contribution in [-0.4, -0.2) is 21.0 Å². The summed E-state index contributed by atoms with van der Waals surface area (Å²) in [5.41, 5.74) is -0.128. The Morgan fingerprint density at radius 2 is 1.84 bits per heavy atom. The highest BCUT2D eigenvalue weighted by atomic mass is 35.5. The van der Waals surface area contributed by atoms with Crippen LogP contribution in [0.2, 0.25) is 0 Å². The fourth-order valence-electron chi connectivity index (χ4n) is 2.20. The average Bonchev–Trinajstić information content (AvgIpc) is 2.54. The first-order valence-corrected chi connectivity index (χ1v) is 6.77. The molecule has 0 saturated carbocycles. The van der Waals surface area contributed by atoms with Crippen molar-refractivity contribution in [2.75, 3.05) is 5.32 Å². The molecule has 0 spiro atoms. The monoisotopic (exact) mass is 369 g/mol. The van der Waals surface area contributed by atoms with Crippen molar-refractivity contribution in [3.05, 3.63) is 59.9 Å². The van der Waals surface area contributed by atoms with E-state index >= 15 is 0 Å². The molecule has 0 unspecified atom stereocenters. The van der Waals surface area contributed by atoms with Crippen molar-refractivity contribution < 1.29 is 23.1 Å². The molecule has 0 amide bonds. The number of carboxylic acids is 1. The Balaban J connectivity index is 0.00000225. The van der Waals surface area contributed by atoms with Gasteiger partial charge >= 0.3 is 12.1 Å². The standard InChI is InChI=1S/C16H10F3N3O2.ClH/c17-16(18,19)10-2-1-3-11(7-10)22-14-12-5-4-9(15(23)24)6-13(12)20-8-21-14;/h1-8H,(H,23,24)(H,20,21,22);1H. The lowest BCUT2D eigenvalue weighted by molar-refractivity contribution is -0.137. The summed E-state index contributed by atoms with van der Waals surface area (Å²) in [6.45, 7) is 0. The van der Waals surface area contributed by atoms with E-state index in [1.54, 1.807) is 0 Å². The van der Waals surface area contributed by atoms with E-state index in [-0.39, 0.29) is 29.5 Å². The zero-order valence-corrected chi connectivity index (χ0v) is 13.2. The van der Waals surface area contributed by atoms with Gasteiger partial charge in [-0.15, -0.1) is 12.4 Å². The lowest BCUT2D eigenvalue weighted by Crippen LogP contribution is -2.05. The molecule has 0 aliphatic rings. The van der Waals surface area contributed by atoms with E-state index < -0.39 is 17.7 Å². The molecular weight excluding hydrogens is 359 g/mol. The molecule has 0 radical (unpaired) electrons. The Bertz CT molecular complexity index is 932. The fourth-order valence-corrected chi connectivity index (χ4v) is 2.20. The largest absolute Gasteiger partial charge is 0.478 e. The lowest BCUT2D eigenvalue weighted by atomic mass is 10.1. The topological polar surface area (TPSA) is 75.1 Å². The quantitative estimate of drug-likeness (QED) is 0.710. The molecule has 0 saturated heterocycles. The molecule has 2 N–H and O–H groups in total. The van der Waals surface area contributed by atoms with Crippen LogP contribution in [-0.2, 0) is 6.18 Å². The number of benzene rings is 2. The lowest BCUT2D eigenvalue weighted by Gasteiger charge is -2.11. The van der Waals surface area contributed by atoms with Crippen LogP contribution < -0.4 is 5.32 Å². The summed E-state index contributed by atoms with van der Waals surface area (Å²) in [5.74, 6) is -0.806. The molecule has 1 aromatic heterocycles. The Kier molecular flexibility index (Phi) is 5.13. The first kappa shape index (κ1) is 18.5. The zero-order valence-electron chi connectivity index (χ0n) is 12.4. The molecule has 1 heterocycles. The predicted octanol–water partition coefficient (Wildman–Crippen LogP) is 4.51. The molecular formula is C16H11ClF3N3O2. The minimum absolute atomic E-state index is 0. The maximum Gasteiger partial charge on any atom is 0.416 e. The van der Waals surface area contributed by atoms with Gasteiger partial charge in [-0.25, -0.2) is 14.8 Å². The Morgan fingerprint density at radius 3 is 2.52 bits per heavy atom. The van der Waals surface area contributed by atoms with Gasteiger partial charge in [-0.05, 0) is 36.4 Å². The van der Waals surface area contributed by atoms with Crippen LogP contribution in [0.3, 0.4) is 0 Å². The Hall–Kier alpha value is -2.87. The Labute approximate surface area is 145 Å². The van der Waals surface area contributed by atoms with Gasteiger partial charge in [-0.2, -0.15) is 13.2 Å². The number of aromatic nitrogens is 2. The molecule has 3 rings (SSSR count). The fraction of sp³-hybridized carbons (Fsp3) is 0.0625. The van der Waals surface area contributed by atoms with Gasteiger partial charge in [0.05, 0.1) is 16.6 Å². The SMILES string of the molecule is Cl.O=C(O)c1ccc2c(Nc3cccc(C(F)(F)F)c3)ncnc2c1. The number of anilines is 2. The second kappa shape index (κ2) is 6.94. The smallest absolute Gasteiger partial charge is 0.416 e. The van der Waals surface area contributed by atoms with Crippen molar-refractivity contribution in [2.45, 2.75) is 6.18 Å². The third-order valence-corrected chi connectivity index (χ3v) is 3.34. The van der Waals surface area contributed by atoms with Crippen LogP contribution in [0.15, 0.2) is 48.8 Å². The van der Waals surface area contributed by atoms with Gasteiger partial charge in [0.15, 0.2) is 0 Å². The summed E-state index contributed by atoms with van der Waals surface area (Å²) < 4.78 is 38.3. The summed E-state index contributed by atoms with van der Waals surface area (Å²) in [6.07, 6.45) is -3.23. The normalized spacial score (nSPS) is 11.0. The number of carbonyl (C=O) groups is 1. The molecule has 3 aromatic rings. The minimum atomic E-state index is -4.44. The third-order valence-electron chi connectivity index (χ3n) is 3.34. The average molecular weight is 370 g/mol. The van der Waals surface area contributed by atoms with E-state index in [1.807, 2.05) is 0 Å². The molecule has 0 aliphatic heterocycles. The van der Waals surface area contributed by atoms with Crippen molar-refractivity contribution in [2.24, 2.45) is 0 Å². The molecule has 2 aromatic carbocycles. The molecule has 0 fully saturated rings. The number of hydrogen-bond donors (Lipinski definition) is 2. The van der Waals surface area contributed by atoms with E-state index in [2.05, 4.69) is 15.3 Å². The first-order valence-electron chi connectivity index (χ1n) is 6.77. The number of carboxylic acid groups (broad SMARTS) is 1. The van der Waals surface area contributed by atoms with Gasteiger partial charge in [-0.1, -0.05) is 6.07 Å². The maximum absolute atomic E-state index is 12.8. The second-order valence-electron chi connectivity index (χ2n) is 4.96. The third kappa shape index (κ3) is 3.97. The van der Waals surface area contributed by atoms with Gasteiger partial charge in [0, 0.05) is 11.1 Å². The number of fused-ring (bicyclic) bond motifs is 1. The van der Waals surface area contributed by atoms with Gasteiger partial charge in [0.2, 0.25) is 0 Å². The van der Waals surface area contributed by atoms with Crippen molar-refractivity contribution in [1.29, 1.82) is 0 Å². The van der Waals surface area contributed by atoms with E-state index in [1.165, 1.54) is 36.7 Å². The molecule has 0 bridgehead atoms. The van der Waals surface area contributed by atoms with Gasteiger partial charge < -0.3 is 10.4 Å². The van der Waals surface area contributed by atoms with Crippen LogP contribution >= 0.6 is 12.4 Å². The molecule has 25 heavy (non-hydrogen) atoms. The van der Waals surface area contributed by atoms with Gasteiger partial charge in [0.25, 0.3) is 0 Å². The summed E-state index contributed by atoms with van der Waals surface area (Å²) >= 11 is 0. The molecule has 9 heteroatoms. The zero-order chi connectivity index (χ0) is 17.3. The molecule has 0 atom stereocenters. The highest BCUT2D eigenvalue weighted by molar-refractivity contribution is 5.97. The summed E-state index contributed by atoms with van der Waals surface area (Å²) in [4.78, 5) is 19.0. The summed E-state index contributed by atoms with van der Waals surface area (Å²) in [5, 5.41) is 12.3. The number of alkyl halides is 3. The van der Waals surface area contributed by atoms with E-state index in [9.17, 15) is 18.0 Å².